The number of rotatable bonds is 5. The van der Waals surface area contributed by atoms with E-state index < -0.39 is 29.6 Å². The van der Waals surface area contributed by atoms with Crippen molar-refractivity contribution >= 4 is 17.7 Å². The smallest absolute Gasteiger partial charge is 0.230 e. The molecule has 1 atom stereocenters. The Morgan fingerprint density at radius 3 is 1.69 bits per heavy atom. The minimum atomic E-state index is -1.13. The SMILES string of the molecule is CC(CC(N)=O)C(C(N)=O)C(N)=O. The first kappa shape index (κ1) is 11.4. The van der Waals surface area contributed by atoms with Crippen LogP contribution in [0, 0.1) is 11.8 Å². The van der Waals surface area contributed by atoms with Gasteiger partial charge in [0.25, 0.3) is 0 Å². The average molecular weight is 187 g/mol. The molecular weight excluding hydrogens is 174 g/mol. The standard InChI is InChI=1S/C7H13N3O3/c1-3(2-4(8)11)5(6(9)12)7(10)13/h3,5H,2H2,1H3,(H2,8,11)(H2,9,12)(H2,10,13). The zero-order valence-electron chi connectivity index (χ0n) is 7.32. The van der Waals surface area contributed by atoms with Crippen LogP contribution in [0.5, 0.6) is 0 Å². The van der Waals surface area contributed by atoms with Crippen molar-refractivity contribution < 1.29 is 14.4 Å². The van der Waals surface area contributed by atoms with Crippen LogP contribution in [0.25, 0.3) is 0 Å². The lowest BCUT2D eigenvalue weighted by Gasteiger charge is -2.15. The van der Waals surface area contributed by atoms with Gasteiger partial charge in [-0.25, -0.2) is 0 Å². The van der Waals surface area contributed by atoms with Crippen molar-refractivity contribution in [2.24, 2.45) is 29.0 Å². The average Bonchev–Trinajstić information content (AvgIpc) is 1.81. The second-order valence-electron chi connectivity index (χ2n) is 2.93. The molecular formula is C7H13N3O3. The maximum atomic E-state index is 10.7. The minimum Gasteiger partial charge on any atom is -0.370 e. The van der Waals surface area contributed by atoms with Crippen LogP contribution in [0.1, 0.15) is 13.3 Å². The lowest BCUT2D eigenvalue weighted by atomic mass is 9.90. The van der Waals surface area contributed by atoms with Crippen molar-refractivity contribution in [2.75, 3.05) is 0 Å². The topological polar surface area (TPSA) is 129 Å². The van der Waals surface area contributed by atoms with Gasteiger partial charge < -0.3 is 17.2 Å². The summed E-state index contributed by atoms with van der Waals surface area (Å²) in [7, 11) is 0. The highest BCUT2D eigenvalue weighted by Crippen LogP contribution is 2.14. The molecule has 0 fully saturated rings. The first-order chi connectivity index (χ1) is 5.86. The number of primary amides is 3. The third-order valence-electron chi connectivity index (χ3n) is 1.71. The van der Waals surface area contributed by atoms with Gasteiger partial charge in [-0.15, -0.1) is 0 Å². The number of carbonyl (C=O) groups is 3. The highest BCUT2D eigenvalue weighted by molar-refractivity contribution is 5.99. The van der Waals surface area contributed by atoms with E-state index in [-0.39, 0.29) is 6.42 Å². The predicted molar refractivity (Wildman–Crippen MR) is 44.9 cm³/mol. The van der Waals surface area contributed by atoms with Crippen molar-refractivity contribution in [2.45, 2.75) is 13.3 Å². The first-order valence-corrected chi connectivity index (χ1v) is 3.73. The van der Waals surface area contributed by atoms with Gasteiger partial charge in [0.2, 0.25) is 17.7 Å². The van der Waals surface area contributed by atoms with Gasteiger partial charge in [0.1, 0.15) is 5.92 Å². The third-order valence-corrected chi connectivity index (χ3v) is 1.71. The Bertz CT molecular complexity index is 225. The molecule has 0 aliphatic carbocycles. The van der Waals surface area contributed by atoms with Gasteiger partial charge in [0.15, 0.2) is 0 Å². The van der Waals surface area contributed by atoms with Gasteiger partial charge in [-0.05, 0) is 5.92 Å². The van der Waals surface area contributed by atoms with Crippen LogP contribution in [0.4, 0.5) is 0 Å². The van der Waals surface area contributed by atoms with Crippen LogP contribution < -0.4 is 17.2 Å². The molecule has 3 amide bonds. The van der Waals surface area contributed by atoms with E-state index in [0.29, 0.717) is 0 Å². The highest BCUT2D eigenvalue weighted by Gasteiger charge is 2.29. The molecule has 0 heterocycles. The molecule has 0 aromatic carbocycles. The summed E-state index contributed by atoms with van der Waals surface area (Å²) >= 11 is 0. The van der Waals surface area contributed by atoms with E-state index >= 15 is 0 Å². The van der Waals surface area contributed by atoms with Crippen molar-refractivity contribution in [3.63, 3.8) is 0 Å². The van der Waals surface area contributed by atoms with Gasteiger partial charge in [-0.2, -0.15) is 0 Å². The van der Waals surface area contributed by atoms with E-state index in [4.69, 9.17) is 17.2 Å². The van der Waals surface area contributed by atoms with Gasteiger partial charge >= 0.3 is 0 Å². The number of hydrogen-bond donors (Lipinski definition) is 3. The minimum absolute atomic E-state index is 0.0868. The molecule has 0 aliphatic heterocycles. The van der Waals surface area contributed by atoms with Gasteiger partial charge in [0, 0.05) is 6.42 Å². The van der Waals surface area contributed by atoms with E-state index in [1.54, 1.807) is 0 Å². The molecule has 6 heteroatoms. The van der Waals surface area contributed by atoms with E-state index in [9.17, 15) is 14.4 Å². The Hall–Kier alpha value is -1.59. The molecule has 0 saturated heterocycles. The molecule has 0 spiro atoms. The molecule has 6 nitrogen and oxygen atoms in total. The normalized spacial score (nSPS) is 12.5. The highest BCUT2D eigenvalue weighted by atomic mass is 16.2. The summed E-state index contributed by atoms with van der Waals surface area (Å²) < 4.78 is 0. The fourth-order valence-corrected chi connectivity index (χ4v) is 1.14. The second kappa shape index (κ2) is 4.44. The molecule has 74 valence electrons. The summed E-state index contributed by atoms with van der Waals surface area (Å²) in [6, 6.07) is 0. The van der Waals surface area contributed by atoms with Crippen molar-refractivity contribution in [3.05, 3.63) is 0 Å². The quantitative estimate of drug-likeness (QED) is 0.434. The van der Waals surface area contributed by atoms with Gasteiger partial charge in [-0.3, -0.25) is 14.4 Å². The summed E-state index contributed by atoms with van der Waals surface area (Å²) in [6.07, 6.45) is -0.0868. The largest absolute Gasteiger partial charge is 0.370 e. The maximum absolute atomic E-state index is 10.7. The van der Waals surface area contributed by atoms with E-state index in [1.807, 2.05) is 0 Å². The first-order valence-electron chi connectivity index (χ1n) is 3.73. The van der Waals surface area contributed by atoms with E-state index in [0.717, 1.165) is 0 Å². The Morgan fingerprint density at radius 1 is 1.08 bits per heavy atom. The number of amides is 3. The van der Waals surface area contributed by atoms with Crippen LogP contribution in [0.15, 0.2) is 0 Å². The van der Waals surface area contributed by atoms with Crippen LogP contribution in [0.2, 0.25) is 0 Å². The zero-order chi connectivity index (χ0) is 10.6. The molecule has 0 rings (SSSR count). The molecule has 0 radical (unpaired) electrons. The van der Waals surface area contributed by atoms with Crippen molar-refractivity contribution in [3.8, 4) is 0 Å². The van der Waals surface area contributed by atoms with Crippen LogP contribution >= 0.6 is 0 Å². The lowest BCUT2D eigenvalue weighted by molar-refractivity contribution is -0.134. The summed E-state index contributed by atoms with van der Waals surface area (Å²) in [6.45, 7) is 1.52. The number of hydrogen-bond acceptors (Lipinski definition) is 3. The van der Waals surface area contributed by atoms with Gasteiger partial charge in [0.05, 0.1) is 0 Å². The van der Waals surface area contributed by atoms with E-state index in [2.05, 4.69) is 0 Å². The zero-order valence-corrected chi connectivity index (χ0v) is 7.32. The molecule has 13 heavy (non-hydrogen) atoms. The van der Waals surface area contributed by atoms with Gasteiger partial charge in [-0.1, -0.05) is 6.92 Å². The fraction of sp³-hybridized carbons (Fsp3) is 0.571. The predicted octanol–water partition coefficient (Wildman–Crippen LogP) is -1.92. The molecule has 0 aliphatic rings. The fourth-order valence-electron chi connectivity index (χ4n) is 1.14. The Labute approximate surface area is 75.4 Å². The summed E-state index contributed by atoms with van der Waals surface area (Å²) in [5, 5.41) is 0. The summed E-state index contributed by atoms with van der Waals surface area (Å²) in [5.74, 6) is -3.94. The molecule has 0 bridgehead atoms. The molecule has 1 unspecified atom stereocenters. The second-order valence-corrected chi connectivity index (χ2v) is 2.93. The summed E-state index contributed by atoms with van der Waals surface area (Å²) in [5.41, 5.74) is 14.7. The molecule has 0 aromatic heterocycles. The summed E-state index contributed by atoms with van der Waals surface area (Å²) in [4.78, 5) is 31.9. The monoisotopic (exact) mass is 187 g/mol. The molecule has 0 saturated carbocycles. The Kier molecular flexibility index (Phi) is 3.90. The molecule has 6 N–H and O–H groups in total. The van der Waals surface area contributed by atoms with Crippen LogP contribution in [-0.4, -0.2) is 17.7 Å². The van der Waals surface area contributed by atoms with Crippen molar-refractivity contribution in [1.82, 2.24) is 0 Å². The van der Waals surface area contributed by atoms with Crippen LogP contribution in [0.3, 0.4) is 0 Å². The van der Waals surface area contributed by atoms with Crippen molar-refractivity contribution in [1.29, 1.82) is 0 Å². The maximum Gasteiger partial charge on any atom is 0.230 e. The Balaban J connectivity index is 4.46. The van der Waals surface area contributed by atoms with Crippen LogP contribution in [-0.2, 0) is 14.4 Å². The van der Waals surface area contributed by atoms with E-state index in [1.165, 1.54) is 6.92 Å². The lowest BCUT2D eigenvalue weighted by Crippen LogP contribution is -2.40. The third kappa shape index (κ3) is 3.55. The number of carbonyl (C=O) groups excluding carboxylic acids is 3. The Morgan fingerprint density at radius 2 is 1.46 bits per heavy atom. The number of nitrogens with two attached hydrogens (primary N) is 3. The molecule has 0 aromatic rings.